The van der Waals surface area contributed by atoms with Gasteiger partial charge in [-0.2, -0.15) is 18.4 Å². The number of aromatic hydroxyl groups is 1. The summed E-state index contributed by atoms with van der Waals surface area (Å²) in [6, 6.07) is 11.8. The molecule has 0 fully saturated rings. The Morgan fingerprint density at radius 3 is 2.48 bits per heavy atom. The van der Waals surface area contributed by atoms with Crippen molar-refractivity contribution in [3.63, 3.8) is 0 Å². The summed E-state index contributed by atoms with van der Waals surface area (Å²) >= 11 is 0. The van der Waals surface area contributed by atoms with Crippen molar-refractivity contribution < 1.29 is 13.5 Å². The Morgan fingerprint density at radius 1 is 1.16 bits per heavy atom. The van der Waals surface area contributed by atoms with Crippen molar-refractivity contribution in [2.75, 3.05) is 0 Å². The van der Waals surface area contributed by atoms with Crippen LogP contribution < -0.4 is 4.83 Å². The first-order valence-electron chi connectivity index (χ1n) is 8.29. The summed E-state index contributed by atoms with van der Waals surface area (Å²) in [4.78, 5) is 2.45. The maximum absolute atomic E-state index is 12.4. The maximum Gasteiger partial charge on any atom is 0.276 e. The average Bonchev–Trinajstić information content (AvgIpc) is 2.59. The maximum atomic E-state index is 12.4. The molecular formula is C19H24N2O3S. The second-order valence-corrected chi connectivity index (χ2v) is 7.71. The molecule has 0 amide bonds. The molecule has 5 nitrogen and oxygen atoms in total. The quantitative estimate of drug-likeness (QED) is 0.581. The van der Waals surface area contributed by atoms with Gasteiger partial charge >= 0.3 is 0 Å². The molecule has 0 bridgehead atoms. The molecule has 6 heteroatoms. The standard InChI is InChI=1S/C19H24N2O3S/c1-4-5-11-18(17-13-14(2)12-15(3)19(17)22)20-21-25(23,24)16-9-7-6-8-10-16/h6-10,12-13,21-22H,4-5,11H2,1-3H3. The highest BCUT2D eigenvalue weighted by atomic mass is 32.2. The van der Waals surface area contributed by atoms with Crippen LogP contribution in [-0.2, 0) is 10.0 Å². The van der Waals surface area contributed by atoms with E-state index in [1.807, 2.05) is 32.9 Å². The van der Waals surface area contributed by atoms with Crippen molar-refractivity contribution in [3.8, 4) is 5.75 Å². The lowest BCUT2D eigenvalue weighted by Gasteiger charge is -2.12. The van der Waals surface area contributed by atoms with Crippen LogP contribution in [0.25, 0.3) is 0 Å². The van der Waals surface area contributed by atoms with E-state index in [0.29, 0.717) is 17.7 Å². The van der Waals surface area contributed by atoms with Crippen LogP contribution in [0.15, 0.2) is 52.5 Å². The molecule has 25 heavy (non-hydrogen) atoms. The van der Waals surface area contributed by atoms with Crippen LogP contribution in [0.2, 0.25) is 0 Å². The summed E-state index contributed by atoms with van der Waals surface area (Å²) in [5.74, 6) is 0.138. The molecular weight excluding hydrogens is 336 g/mol. The van der Waals surface area contributed by atoms with E-state index in [-0.39, 0.29) is 10.6 Å². The molecule has 2 rings (SSSR count). The summed E-state index contributed by atoms with van der Waals surface area (Å²) in [5, 5.41) is 14.5. The number of unbranched alkanes of at least 4 members (excludes halogenated alkanes) is 1. The van der Waals surface area contributed by atoms with Gasteiger partial charge < -0.3 is 5.11 Å². The Morgan fingerprint density at radius 2 is 1.84 bits per heavy atom. The normalized spacial score (nSPS) is 12.2. The Kier molecular flexibility index (Phi) is 6.20. The fourth-order valence-electron chi connectivity index (χ4n) is 2.54. The van der Waals surface area contributed by atoms with E-state index in [1.54, 1.807) is 18.2 Å². The molecule has 0 atom stereocenters. The molecule has 0 aliphatic heterocycles. The topological polar surface area (TPSA) is 78.8 Å². The third kappa shape index (κ3) is 4.82. The minimum Gasteiger partial charge on any atom is -0.507 e. The van der Waals surface area contributed by atoms with Crippen LogP contribution in [0.3, 0.4) is 0 Å². The number of hydrogen-bond donors (Lipinski definition) is 2. The van der Waals surface area contributed by atoms with Gasteiger partial charge in [0.05, 0.1) is 10.6 Å². The van der Waals surface area contributed by atoms with Crippen LogP contribution >= 0.6 is 0 Å². The first-order valence-corrected chi connectivity index (χ1v) is 9.77. The van der Waals surface area contributed by atoms with Gasteiger partial charge in [0.25, 0.3) is 10.0 Å². The van der Waals surface area contributed by atoms with Crippen molar-refractivity contribution in [1.82, 2.24) is 4.83 Å². The van der Waals surface area contributed by atoms with Gasteiger partial charge in [-0.25, -0.2) is 0 Å². The molecule has 0 saturated carbocycles. The van der Waals surface area contributed by atoms with Crippen LogP contribution in [0.5, 0.6) is 5.75 Å². The minimum absolute atomic E-state index is 0.138. The number of hydrogen-bond acceptors (Lipinski definition) is 4. The molecule has 0 aromatic heterocycles. The zero-order chi connectivity index (χ0) is 18.4. The Balaban J connectivity index is 2.40. The number of rotatable bonds is 7. The predicted octanol–water partition coefficient (Wildman–Crippen LogP) is 3.88. The Hall–Kier alpha value is -2.34. The van der Waals surface area contributed by atoms with Gasteiger partial charge in [-0.3, -0.25) is 0 Å². The second kappa shape index (κ2) is 8.16. The summed E-state index contributed by atoms with van der Waals surface area (Å²) in [6.07, 6.45) is 2.36. The number of hydrazone groups is 1. The fourth-order valence-corrected chi connectivity index (χ4v) is 3.39. The van der Waals surface area contributed by atoms with Gasteiger partial charge in [0.15, 0.2) is 0 Å². The highest BCUT2D eigenvalue weighted by Crippen LogP contribution is 2.26. The van der Waals surface area contributed by atoms with E-state index in [9.17, 15) is 13.5 Å². The van der Waals surface area contributed by atoms with Gasteiger partial charge in [0.2, 0.25) is 0 Å². The zero-order valence-electron chi connectivity index (χ0n) is 14.8. The summed E-state index contributed by atoms with van der Waals surface area (Å²) in [6.45, 7) is 5.80. The lowest BCUT2D eigenvalue weighted by molar-refractivity contribution is 0.469. The number of sulfonamides is 1. The molecule has 0 saturated heterocycles. The molecule has 0 heterocycles. The summed E-state index contributed by atoms with van der Waals surface area (Å²) in [5.41, 5.74) is 2.83. The van der Waals surface area contributed by atoms with E-state index in [1.165, 1.54) is 12.1 Å². The predicted molar refractivity (Wildman–Crippen MR) is 100 cm³/mol. The number of benzene rings is 2. The highest BCUT2D eigenvalue weighted by Gasteiger charge is 2.16. The second-order valence-electron chi connectivity index (χ2n) is 6.05. The van der Waals surface area contributed by atoms with Gasteiger partial charge in [-0.15, -0.1) is 0 Å². The molecule has 0 unspecified atom stereocenters. The molecule has 2 aromatic carbocycles. The number of nitrogens with one attached hydrogen (secondary N) is 1. The first-order chi connectivity index (χ1) is 11.8. The minimum atomic E-state index is -3.74. The van der Waals surface area contributed by atoms with E-state index >= 15 is 0 Å². The monoisotopic (exact) mass is 360 g/mol. The SMILES string of the molecule is CCCCC(=NNS(=O)(=O)c1ccccc1)c1cc(C)cc(C)c1O. The lowest BCUT2D eigenvalue weighted by atomic mass is 9.99. The Bertz CT molecular complexity index is 860. The number of aryl methyl sites for hydroxylation is 2. The van der Waals surface area contributed by atoms with E-state index in [2.05, 4.69) is 9.93 Å². The molecule has 0 aliphatic rings. The van der Waals surface area contributed by atoms with E-state index in [0.717, 1.165) is 24.0 Å². The highest BCUT2D eigenvalue weighted by molar-refractivity contribution is 7.89. The molecule has 0 spiro atoms. The number of phenols is 1. The van der Waals surface area contributed by atoms with Gasteiger partial charge in [0.1, 0.15) is 5.75 Å². The van der Waals surface area contributed by atoms with Gasteiger partial charge in [-0.1, -0.05) is 37.6 Å². The first kappa shape index (κ1) is 19.0. The van der Waals surface area contributed by atoms with Gasteiger partial charge in [0, 0.05) is 5.56 Å². The number of phenolic OH excluding ortho intramolecular Hbond substituents is 1. The van der Waals surface area contributed by atoms with E-state index < -0.39 is 10.0 Å². The molecule has 2 N–H and O–H groups in total. The average molecular weight is 360 g/mol. The third-order valence-corrected chi connectivity index (χ3v) is 5.10. The lowest BCUT2D eigenvalue weighted by Crippen LogP contribution is -2.21. The van der Waals surface area contributed by atoms with E-state index in [4.69, 9.17) is 0 Å². The summed E-state index contributed by atoms with van der Waals surface area (Å²) < 4.78 is 24.8. The largest absolute Gasteiger partial charge is 0.507 e. The molecule has 2 aromatic rings. The van der Waals surface area contributed by atoms with Crippen molar-refractivity contribution >= 4 is 15.7 Å². The van der Waals surface area contributed by atoms with Crippen molar-refractivity contribution in [1.29, 1.82) is 0 Å². The van der Waals surface area contributed by atoms with Crippen LogP contribution in [0.4, 0.5) is 0 Å². The zero-order valence-corrected chi connectivity index (χ0v) is 15.6. The Labute approximate surface area is 149 Å². The van der Waals surface area contributed by atoms with Crippen molar-refractivity contribution in [2.24, 2.45) is 5.10 Å². The smallest absolute Gasteiger partial charge is 0.276 e. The van der Waals surface area contributed by atoms with Gasteiger partial charge in [-0.05, 0) is 56.0 Å². The fraction of sp³-hybridized carbons (Fsp3) is 0.316. The van der Waals surface area contributed by atoms with Crippen molar-refractivity contribution in [2.45, 2.75) is 44.9 Å². The van der Waals surface area contributed by atoms with Crippen LogP contribution in [0.1, 0.15) is 42.9 Å². The summed E-state index contributed by atoms with van der Waals surface area (Å²) in [7, 11) is -3.74. The number of nitrogens with zero attached hydrogens (tertiary/aromatic N) is 1. The van der Waals surface area contributed by atoms with Crippen LogP contribution in [0, 0.1) is 13.8 Å². The molecule has 0 aliphatic carbocycles. The van der Waals surface area contributed by atoms with Crippen LogP contribution in [-0.4, -0.2) is 19.2 Å². The molecule has 0 radical (unpaired) electrons. The third-order valence-electron chi connectivity index (χ3n) is 3.88. The molecule has 134 valence electrons. The van der Waals surface area contributed by atoms with Crippen molar-refractivity contribution in [3.05, 3.63) is 59.2 Å².